The van der Waals surface area contributed by atoms with Gasteiger partial charge in [-0.05, 0) is 48.0 Å². The molecule has 0 bridgehead atoms. The summed E-state index contributed by atoms with van der Waals surface area (Å²) in [6, 6.07) is 17.3. The van der Waals surface area contributed by atoms with Crippen LogP contribution in [0, 0.1) is 0 Å². The minimum Gasteiger partial charge on any atom is -0.437 e. The monoisotopic (exact) mass is 723 g/mol. The van der Waals surface area contributed by atoms with Crippen LogP contribution in [-0.2, 0) is 19.8 Å². The Labute approximate surface area is 291 Å². The standard InChI is InChI=1S/C35H27F6N7O4/c1-46-28-17-26(50-30-19-42-27(18-43-30)32-44-31(45-52-32)22-4-7-24(8-5-22)34(36,37)38)11-6-23(28)16-29(46)33(49)48-14-12-47(13-15-48)20-21-2-9-25(10-3-21)51-35(39,40)41/h2-11,16-19H,12-15,20H2,1H3. The van der Waals surface area contributed by atoms with Crippen LogP contribution < -0.4 is 9.47 Å². The van der Waals surface area contributed by atoms with Gasteiger partial charge in [0.15, 0.2) is 0 Å². The van der Waals surface area contributed by atoms with E-state index in [0.717, 1.165) is 28.6 Å². The highest BCUT2D eigenvalue weighted by Crippen LogP contribution is 2.32. The highest BCUT2D eigenvalue weighted by molar-refractivity contribution is 5.99. The van der Waals surface area contributed by atoms with E-state index in [0.29, 0.717) is 49.7 Å². The fourth-order valence-corrected chi connectivity index (χ4v) is 5.76. The van der Waals surface area contributed by atoms with Crippen molar-refractivity contribution in [2.45, 2.75) is 19.1 Å². The van der Waals surface area contributed by atoms with Crippen LogP contribution in [0.4, 0.5) is 26.3 Å². The third-order valence-corrected chi connectivity index (χ3v) is 8.42. The Morgan fingerprint density at radius 3 is 2.21 bits per heavy atom. The molecule has 0 radical (unpaired) electrons. The lowest BCUT2D eigenvalue weighted by Gasteiger charge is -2.34. The number of piperazine rings is 1. The van der Waals surface area contributed by atoms with Gasteiger partial charge in [0.25, 0.3) is 11.8 Å². The van der Waals surface area contributed by atoms with Gasteiger partial charge in [-0.25, -0.2) is 9.97 Å². The average molecular weight is 724 g/mol. The van der Waals surface area contributed by atoms with E-state index in [9.17, 15) is 31.1 Å². The quantitative estimate of drug-likeness (QED) is 0.149. The van der Waals surface area contributed by atoms with E-state index in [4.69, 9.17) is 9.26 Å². The topological polar surface area (TPSA) is 112 Å². The normalized spacial score (nSPS) is 14.2. The summed E-state index contributed by atoms with van der Waals surface area (Å²) in [5.74, 6) is 0.323. The molecule has 0 unspecified atom stereocenters. The molecule has 7 rings (SSSR count). The SMILES string of the molecule is Cn1c(C(=O)N2CCN(Cc3ccc(OC(F)(F)F)cc3)CC2)cc2ccc(Oc3cnc(-c4nc(-c5ccc(C(F)(F)F)cc5)no4)cn3)cc21. The molecule has 4 heterocycles. The van der Waals surface area contributed by atoms with Crippen LogP contribution in [0.1, 0.15) is 21.6 Å². The number of carbonyl (C=O) groups is 1. The molecule has 11 nitrogen and oxygen atoms in total. The lowest BCUT2D eigenvalue weighted by Crippen LogP contribution is -2.48. The molecular weight excluding hydrogens is 696 g/mol. The Balaban J connectivity index is 0.958. The van der Waals surface area contributed by atoms with Crippen LogP contribution in [0.15, 0.2) is 89.7 Å². The fraction of sp³-hybridized carbons (Fsp3) is 0.229. The number of amides is 1. The molecule has 17 heteroatoms. The number of hydrogen-bond donors (Lipinski definition) is 0. The van der Waals surface area contributed by atoms with E-state index in [1.807, 2.05) is 12.1 Å². The summed E-state index contributed by atoms with van der Waals surface area (Å²) in [5.41, 5.74) is 1.87. The van der Waals surface area contributed by atoms with Crippen molar-refractivity contribution in [1.29, 1.82) is 0 Å². The largest absolute Gasteiger partial charge is 0.573 e. The maximum Gasteiger partial charge on any atom is 0.573 e. The number of aromatic nitrogens is 5. The van der Waals surface area contributed by atoms with Gasteiger partial charge in [-0.1, -0.05) is 29.4 Å². The first-order valence-electron chi connectivity index (χ1n) is 15.8. The van der Waals surface area contributed by atoms with Crippen molar-refractivity contribution in [3.63, 3.8) is 0 Å². The molecule has 0 saturated carbocycles. The minimum absolute atomic E-state index is 0.0194. The zero-order valence-electron chi connectivity index (χ0n) is 27.1. The number of aryl methyl sites for hydroxylation is 1. The number of nitrogens with zero attached hydrogens (tertiary/aromatic N) is 7. The van der Waals surface area contributed by atoms with E-state index in [1.54, 1.807) is 40.8 Å². The minimum atomic E-state index is -4.74. The van der Waals surface area contributed by atoms with Gasteiger partial charge in [-0.15, -0.1) is 13.2 Å². The summed E-state index contributed by atoms with van der Waals surface area (Å²) in [7, 11) is 1.79. The summed E-state index contributed by atoms with van der Waals surface area (Å²) in [6.07, 6.45) is -6.48. The number of benzene rings is 3. The number of halogens is 6. The molecule has 0 aliphatic carbocycles. The molecule has 1 fully saturated rings. The summed E-state index contributed by atoms with van der Waals surface area (Å²) in [6.45, 7) is 2.70. The Morgan fingerprint density at radius 2 is 1.56 bits per heavy atom. The van der Waals surface area contributed by atoms with Crippen LogP contribution in [0.5, 0.6) is 17.4 Å². The van der Waals surface area contributed by atoms with Gasteiger partial charge in [0.05, 0.1) is 23.5 Å². The molecule has 52 heavy (non-hydrogen) atoms. The highest BCUT2D eigenvalue weighted by Gasteiger charge is 2.32. The van der Waals surface area contributed by atoms with Crippen LogP contribution in [0.2, 0.25) is 0 Å². The summed E-state index contributed by atoms with van der Waals surface area (Å²) in [5, 5.41) is 4.66. The number of carbonyl (C=O) groups excluding carboxylic acids is 1. The molecular formula is C35H27F6N7O4. The molecule has 0 N–H and O–H groups in total. The number of alkyl halides is 6. The summed E-state index contributed by atoms with van der Waals surface area (Å²) in [4.78, 5) is 30.2. The molecule has 6 aromatic rings. The molecule has 1 aliphatic rings. The third-order valence-electron chi connectivity index (χ3n) is 8.42. The first-order chi connectivity index (χ1) is 24.8. The molecule has 3 aromatic heterocycles. The first-order valence-corrected chi connectivity index (χ1v) is 15.8. The van der Waals surface area contributed by atoms with Gasteiger partial charge in [0.2, 0.25) is 11.7 Å². The lowest BCUT2D eigenvalue weighted by atomic mass is 10.1. The highest BCUT2D eigenvalue weighted by atomic mass is 19.4. The van der Waals surface area contributed by atoms with Gasteiger partial charge in [-0.2, -0.15) is 18.2 Å². The molecule has 268 valence electrons. The Kier molecular flexibility index (Phi) is 9.04. The smallest absolute Gasteiger partial charge is 0.437 e. The second kappa shape index (κ2) is 13.6. The van der Waals surface area contributed by atoms with Gasteiger partial charge in [0, 0.05) is 56.8 Å². The average Bonchev–Trinajstić information content (AvgIpc) is 3.74. The van der Waals surface area contributed by atoms with Crippen LogP contribution in [0.25, 0.3) is 33.9 Å². The van der Waals surface area contributed by atoms with Crippen molar-refractivity contribution in [2.24, 2.45) is 7.05 Å². The van der Waals surface area contributed by atoms with E-state index < -0.39 is 18.1 Å². The van der Waals surface area contributed by atoms with Crippen molar-refractivity contribution in [1.82, 2.24) is 34.5 Å². The van der Waals surface area contributed by atoms with Crippen LogP contribution >= 0.6 is 0 Å². The molecule has 1 amide bonds. The second-order valence-corrected chi connectivity index (χ2v) is 11.9. The number of hydrogen-bond acceptors (Lipinski definition) is 9. The fourth-order valence-electron chi connectivity index (χ4n) is 5.76. The molecule has 3 aromatic carbocycles. The van der Waals surface area contributed by atoms with Crippen molar-refractivity contribution in [3.05, 3.63) is 102 Å². The van der Waals surface area contributed by atoms with Gasteiger partial charge < -0.3 is 23.5 Å². The predicted molar refractivity (Wildman–Crippen MR) is 173 cm³/mol. The maximum atomic E-state index is 13.5. The van der Waals surface area contributed by atoms with Crippen molar-refractivity contribution >= 4 is 16.8 Å². The van der Waals surface area contributed by atoms with E-state index >= 15 is 0 Å². The second-order valence-electron chi connectivity index (χ2n) is 11.9. The number of rotatable bonds is 8. The predicted octanol–water partition coefficient (Wildman–Crippen LogP) is 7.35. The first kappa shape index (κ1) is 34.5. The zero-order valence-corrected chi connectivity index (χ0v) is 27.1. The Hall–Kier alpha value is -5.97. The van der Waals surface area contributed by atoms with Crippen LogP contribution in [-0.4, -0.2) is 72.9 Å². The third kappa shape index (κ3) is 7.68. The Bertz CT molecular complexity index is 2190. The lowest BCUT2D eigenvalue weighted by molar-refractivity contribution is -0.274. The van der Waals surface area contributed by atoms with E-state index in [2.05, 4.69) is 29.7 Å². The van der Waals surface area contributed by atoms with Crippen molar-refractivity contribution in [2.75, 3.05) is 26.2 Å². The van der Waals surface area contributed by atoms with Crippen LogP contribution in [0.3, 0.4) is 0 Å². The Morgan fingerprint density at radius 1 is 0.846 bits per heavy atom. The number of ether oxygens (including phenoxy) is 2. The van der Waals surface area contributed by atoms with Gasteiger partial charge in [-0.3, -0.25) is 9.69 Å². The van der Waals surface area contributed by atoms with E-state index in [-0.39, 0.29) is 34.9 Å². The molecule has 1 aliphatic heterocycles. The summed E-state index contributed by atoms with van der Waals surface area (Å²) >= 11 is 0. The number of fused-ring (bicyclic) bond motifs is 1. The molecule has 0 atom stereocenters. The van der Waals surface area contributed by atoms with Crippen molar-refractivity contribution < 1.29 is 45.1 Å². The molecule has 1 saturated heterocycles. The molecule has 0 spiro atoms. The zero-order chi connectivity index (χ0) is 36.6. The summed E-state index contributed by atoms with van der Waals surface area (Å²) < 4.78 is 92.8. The van der Waals surface area contributed by atoms with Gasteiger partial charge in [0.1, 0.15) is 22.9 Å². The maximum absolute atomic E-state index is 13.5. The van der Waals surface area contributed by atoms with Gasteiger partial charge >= 0.3 is 12.5 Å². The van der Waals surface area contributed by atoms with E-state index in [1.165, 1.54) is 36.7 Å². The van der Waals surface area contributed by atoms with Crippen molar-refractivity contribution in [3.8, 4) is 40.4 Å².